The number of nitriles is 1. The Morgan fingerprint density at radius 3 is 2.93 bits per heavy atom. The van der Waals surface area contributed by atoms with E-state index in [4.69, 9.17) is 5.26 Å². The summed E-state index contributed by atoms with van der Waals surface area (Å²) in [5.41, 5.74) is 0.879. The molecule has 2 heterocycles. The normalized spacial score (nSPS) is 9.60. The van der Waals surface area contributed by atoms with E-state index in [1.54, 1.807) is 0 Å². The summed E-state index contributed by atoms with van der Waals surface area (Å²) in [5, 5.41) is 12.3. The van der Waals surface area contributed by atoms with Crippen molar-refractivity contribution in [1.29, 1.82) is 5.26 Å². The average molecular weight is 217 g/mol. The van der Waals surface area contributed by atoms with Crippen molar-refractivity contribution in [2.45, 2.75) is 6.92 Å². The van der Waals surface area contributed by atoms with E-state index in [0.717, 1.165) is 5.69 Å². The molecule has 0 aliphatic carbocycles. The summed E-state index contributed by atoms with van der Waals surface area (Å²) < 4.78 is 0. The fraction of sp³-hybridized carbons (Fsp3) is 0.111. The summed E-state index contributed by atoms with van der Waals surface area (Å²) in [7, 11) is 0. The Kier molecular flexibility index (Phi) is 2.56. The van der Waals surface area contributed by atoms with E-state index < -0.39 is 0 Å². The number of aryl methyl sites for hydroxylation is 1. The smallest absolute Gasteiger partial charge is 0.189 e. The van der Waals surface area contributed by atoms with Crippen LogP contribution in [0.2, 0.25) is 0 Å². The van der Waals surface area contributed by atoms with Crippen LogP contribution in [0.25, 0.3) is 0 Å². The molecular weight excluding hydrogens is 210 g/mol. The fourth-order valence-electron chi connectivity index (χ4n) is 1.02. The maximum absolute atomic E-state index is 8.63. The molecule has 5 nitrogen and oxygen atoms in total. The minimum atomic E-state index is 0.572. The van der Waals surface area contributed by atoms with Crippen molar-refractivity contribution in [3.05, 3.63) is 29.2 Å². The molecule has 6 heteroatoms. The zero-order chi connectivity index (χ0) is 10.7. The van der Waals surface area contributed by atoms with E-state index in [2.05, 4.69) is 20.3 Å². The summed E-state index contributed by atoms with van der Waals surface area (Å²) in [4.78, 5) is 12.6. The topological polar surface area (TPSA) is 74.5 Å². The van der Waals surface area contributed by atoms with E-state index in [-0.39, 0.29) is 0 Å². The van der Waals surface area contributed by atoms with Gasteiger partial charge < -0.3 is 5.32 Å². The van der Waals surface area contributed by atoms with Crippen molar-refractivity contribution in [3.8, 4) is 6.07 Å². The lowest BCUT2D eigenvalue weighted by atomic mass is 10.4. The second-order valence-electron chi connectivity index (χ2n) is 2.81. The van der Waals surface area contributed by atoms with Gasteiger partial charge in [-0.1, -0.05) is 11.3 Å². The summed E-state index contributed by atoms with van der Waals surface area (Å²) in [6.07, 6.45) is 3.01. The minimum Gasteiger partial charge on any atom is -0.316 e. The number of rotatable bonds is 2. The van der Waals surface area contributed by atoms with Crippen LogP contribution in [0.5, 0.6) is 0 Å². The largest absolute Gasteiger partial charge is 0.316 e. The van der Waals surface area contributed by atoms with Crippen LogP contribution in [0.4, 0.5) is 10.9 Å². The van der Waals surface area contributed by atoms with Crippen LogP contribution in [0.15, 0.2) is 18.6 Å². The van der Waals surface area contributed by atoms with Crippen molar-refractivity contribution < 1.29 is 0 Å². The second-order valence-corrected chi connectivity index (χ2v) is 3.84. The summed E-state index contributed by atoms with van der Waals surface area (Å²) >= 11 is 1.29. The SMILES string of the molecule is Cc1cc(Nc2ncc(C#N)s2)ncn1. The van der Waals surface area contributed by atoms with Gasteiger partial charge in [-0.2, -0.15) is 5.26 Å². The standard InChI is InChI=1S/C9H7N5S/c1-6-2-8(13-5-12-6)14-9-11-4-7(3-10)15-9/h2,4-5H,1H3,(H,11,12,13,14). The second kappa shape index (κ2) is 4.02. The van der Waals surface area contributed by atoms with Crippen LogP contribution in [-0.2, 0) is 0 Å². The molecule has 0 aliphatic rings. The highest BCUT2D eigenvalue weighted by molar-refractivity contribution is 7.16. The molecule has 2 aromatic heterocycles. The highest BCUT2D eigenvalue weighted by Crippen LogP contribution is 2.20. The third kappa shape index (κ3) is 2.27. The quantitative estimate of drug-likeness (QED) is 0.831. The predicted molar refractivity (Wildman–Crippen MR) is 56.9 cm³/mol. The summed E-state index contributed by atoms with van der Waals surface area (Å²) in [5.74, 6) is 0.682. The third-order valence-electron chi connectivity index (χ3n) is 1.65. The summed E-state index contributed by atoms with van der Waals surface area (Å²) in [6, 6.07) is 3.84. The first kappa shape index (κ1) is 9.55. The van der Waals surface area contributed by atoms with E-state index in [1.165, 1.54) is 23.9 Å². The van der Waals surface area contributed by atoms with Crippen LogP contribution in [0.1, 0.15) is 10.6 Å². The van der Waals surface area contributed by atoms with Gasteiger partial charge in [-0.3, -0.25) is 0 Å². The Morgan fingerprint density at radius 1 is 1.40 bits per heavy atom. The number of nitrogens with zero attached hydrogens (tertiary/aromatic N) is 4. The van der Waals surface area contributed by atoms with Gasteiger partial charge in [0.2, 0.25) is 0 Å². The van der Waals surface area contributed by atoms with Crippen molar-refractivity contribution in [3.63, 3.8) is 0 Å². The van der Waals surface area contributed by atoms with E-state index in [1.807, 2.05) is 19.1 Å². The Balaban J connectivity index is 2.19. The number of hydrogen-bond donors (Lipinski definition) is 1. The first-order valence-electron chi connectivity index (χ1n) is 4.19. The molecule has 1 N–H and O–H groups in total. The molecule has 0 radical (unpaired) electrons. The molecule has 0 saturated heterocycles. The lowest BCUT2D eigenvalue weighted by Crippen LogP contribution is -1.94. The van der Waals surface area contributed by atoms with E-state index >= 15 is 0 Å². The van der Waals surface area contributed by atoms with Gasteiger partial charge in [-0.15, -0.1) is 0 Å². The Hall–Kier alpha value is -2.00. The monoisotopic (exact) mass is 217 g/mol. The fourth-order valence-corrected chi connectivity index (χ4v) is 1.64. The molecule has 0 aromatic carbocycles. The van der Waals surface area contributed by atoms with E-state index in [9.17, 15) is 0 Å². The average Bonchev–Trinajstić information content (AvgIpc) is 2.65. The van der Waals surface area contributed by atoms with Gasteiger partial charge in [0.25, 0.3) is 0 Å². The Labute approximate surface area is 90.5 Å². The predicted octanol–water partition coefficient (Wildman–Crippen LogP) is 1.86. The van der Waals surface area contributed by atoms with Gasteiger partial charge in [0.1, 0.15) is 23.1 Å². The van der Waals surface area contributed by atoms with Crippen molar-refractivity contribution >= 4 is 22.3 Å². The van der Waals surface area contributed by atoms with Crippen LogP contribution in [0.3, 0.4) is 0 Å². The molecule has 0 saturated carbocycles. The van der Waals surface area contributed by atoms with Crippen molar-refractivity contribution in [2.24, 2.45) is 0 Å². The molecule has 2 rings (SSSR count). The first-order chi connectivity index (χ1) is 7.28. The molecule has 0 fully saturated rings. The van der Waals surface area contributed by atoms with Crippen LogP contribution >= 0.6 is 11.3 Å². The lowest BCUT2D eigenvalue weighted by Gasteiger charge is -2.00. The maximum Gasteiger partial charge on any atom is 0.189 e. The van der Waals surface area contributed by atoms with Crippen LogP contribution < -0.4 is 5.32 Å². The molecule has 2 aromatic rings. The number of anilines is 2. The summed E-state index contributed by atoms with van der Waals surface area (Å²) in [6.45, 7) is 1.88. The first-order valence-corrected chi connectivity index (χ1v) is 5.01. The van der Waals surface area contributed by atoms with Gasteiger partial charge >= 0.3 is 0 Å². The van der Waals surface area contributed by atoms with Crippen LogP contribution in [-0.4, -0.2) is 15.0 Å². The van der Waals surface area contributed by atoms with E-state index in [0.29, 0.717) is 15.8 Å². The van der Waals surface area contributed by atoms with Gasteiger partial charge in [0.05, 0.1) is 6.20 Å². The molecule has 15 heavy (non-hydrogen) atoms. The lowest BCUT2D eigenvalue weighted by molar-refractivity contribution is 1.10. The maximum atomic E-state index is 8.63. The highest BCUT2D eigenvalue weighted by atomic mass is 32.1. The zero-order valence-corrected chi connectivity index (χ0v) is 8.75. The number of thiazole rings is 1. The molecular formula is C9H7N5S. The van der Waals surface area contributed by atoms with Crippen LogP contribution in [0, 0.1) is 18.3 Å². The van der Waals surface area contributed by atoms with Gasteiger partial charge in [-0.05, 0) is 6.92 Å². The third-order valence-corrected chi connectivity index (χ3v) is 2.47. The Morgan fingerprint density at radius 2 is 2.27 bits per heavy atom. The zero-order valence-electron chi connectivity index (χ0n) is 7.93. The molecule has 0 bridgehead atoms. The molecule has 74 valence electrons. The molecule has 0 aliphatic heterocycles. The minimum absolute atomic E-state index is 0.572. The number of hydrogen-bond acceptors (Lipinski definition) is 6. The number of nitrogens with one attached hydrogen (secondary N) is 1. The van der Waals surface area contributed by atoms with Gasteiger partial charge in [0, 0.05) is 11.8 Å². The molecule has 0 atom stereocenters. The highest BCUT2D eigenvalue weighted by Gasteiger charge is 2.02. The number of aromatic nitrogens is 3. The molecule has 0 unspecified atom stereocenters. The van der Waals surface area contributed by atoms with Crippen molar-refractivity contribution in [1.82, 2.24) is 15.0 Å². The molecule has 0 spiro atoms. The Bertz CT molecular complexity index is 513. The molecule has 0 amide bonds. The van der Waals surface area contributed by atoms with Gasteiger partial charge in [-0.25, -0.2) is 15.0 Å². The van der Waals surface area contributed by atoms with Gasteiger partial charge in [0.15, 0.2) is 5.13 Å². The van der Waals surface area contributed by atoms with Crippen molar-refractivity contribution in [2.75, 3.05) is 5.32 Å².